The summed E-state index contributed by atoms with van der Waals surface area (Å²) in [7, 11) is 0. The van der Waals surface area contributed by atoms with Crippen LogP contribution in [0.25, 0.3) is 0 Å². The molecule has 4 nitrogen and oxygen atoms in total. The van der Waals surface area contributed by atoms with Crippen LogP contribution in [0, 0.1) is 5.82 Å². The highest BCUT2D eigenvalue weighted by molar-refractivity contribution is 5.90. The van der Waals surface area contributed by atoms with Gasteiger partial charge in [0.25, 0.3) is 0 Å². The number of ether oxygens (including phenoxy) is 2. The lowest BCUT2D eigenvalue weighted by Crippen LogP contribution is -2.29. The van der Waals surface area contributed by atoms with Gasteiger partial charge in [-0.25, -0.2) is 9.18 Å². The lowest BCUT2D eigenvalue weighted by Gasteiger charge is -2.24. The standard InChI is InChI=1S/C12H13FO4/c13-10-5-1-4-9(12(14)15)11(10)17-8-3-2-6-16-7-8/h1,4-5,8H,2-3,6-7H2,(H,14,15). The molecule has 2 rings (SSSR count). The molecule has 1 heterocycles. The molecule has 1 aliphatic rings. The summed E-state index contributed by atoms with van der Waals surface area (Å²) < 4.78 is 24.1. The third-order valence-corrected chi connectivity index (χ3v) is 2.60. The molecule has 1 aromatic carbocycles. The van der Waals surface area contributed by atoms with Gasteiger partial charge in [0.15, 0.2) is 11.6 Å². The average Bonchev–Trinajstić information content (AvgIpc) is 2.33. The van der Waals surface area contributed by atoms with Gasteiger partial charge in [-0.2, -0.15) is 0 Å². The number of hydrogen-bond donors (Lipinski definition) is 1. The third-order valence-electron chi connectivity index (χ3n) is 2.60. The summed E-state index contributed by atoms with van der Waals surface area (Å²) in [4.78, 5) is 10.9. The molecule has 17 heavy (non-hydrogen) atoms. The Morgan fingerprint density at radius 2 is 2.35 bits per heavy atom. The molecular weight excluding hydrogens is 227 g/mol. The van der Waals surface area contributed by atoms with Crippen molar-refractivity contribution < 1.29 is 23.8 Å². The van der Waals surface area contributed by atoms with E-state index in [-0.39, 0.29) is 17.4 Å². The highest BCUT2D eigenvalue weighted by Crippen LogP contribution is 2.25. The first kappa shape index (κ1) is 11.9. The van der Waals surface area contributed by atoms with Gasteiger partial charge in [-0.3, -0.25) is 0 Å². The zero-order valence-corrected chi connectivity index (χ0v) is 9.19. The minimum Gasteiger partial charge on any atom is -0.484 e. The van der Waals surface area contributed by atoms with E-state index in [1.54, 1.807) is 0 Å². The molecule has 1 aromatic rings. The molecule has 0 aliphatic carbocycles. The second kappa shape index (κ2) is 5.14. The Bertz CT molecular complexity index is 413. The van der Waals surface area contributed by atoms with Crippen molar-refractivity contribution in [2.24, 2.45) is 0 Å². The van der Waals surface area contributed by atoms with Crippen LogP contribution >= 0.6 is 0 Å². The molecule has 1 atom stereocenters. The fourth-order valence-electron chi connectivity index (χ4n) is 1.77. The zero-order valence-electron chi connectivity index (χ0n) is 9.19. The van der Waals surface area contributed by atoms with Crippen LogP contribution in [-0.2, 0) is 4.74 Å². The molecule has 0 aromatic heterocycles. The highest BCUT2D eigenvalue weighted by Gasteiger charge is 2.21. The van der Waals surface area contributed by atoms with Crippen molar-refractivity contribution >= 4 is 5.97 Å². The summed E-state index contributed by atoms with van der Waals surface area (Å²) in [6, 6.07) is 3.86. The number of rotatable bonds is 3. The number of hydrogen-bond acceptors (Lipinski definition) is 3. The van der Waals surface area contributed by atoms with Crippen LogP contribution in [0.1, 0.15) is 23.2 Å². The lowest BCUT2D eigenvalue weighted by atomic mass is 10.1. The fourth-order valence-corrected chi connectivity index (χ4v) is 1.77. The highest BCUT2D eigenvalue weighted by atomic mass is 19.1. The number of carboxylic acid groups (broad SMARTS) is 1. The van der Waals surface area contributed by atoms with Gasteiger partial charge in [0, 0.05) is 6.61 Å². The molecular formula is C12H13FO4. The normalized spacial score (nSPS) is 19.9. The third kappa shape index (κ3) is 2.74. The van der Waals surface area contributed by atoms with Crippen LogP contribution in [0.4, 0.5) is 4.39 Å². The summed E-state index contributed by atoms with van der Waals surface area (Å²) in [5, 5.41) is 8.94. The summed E-state index contributed by atoms with van der Waals surface area (Å²) in [5.74, 6) is -2.05. The summed E-state index contributed by atoms with van der Waals surface area (Å²) in [6.45, 7) is 1.04. The Labute approximate surface area is 98.0 Å². The van der Waals surface area contributed by atoms with E-state index in [1.165, 1.54) is 18.2 Å². The fraction of sp³-hybridized carbons (Fsp3) is 0.417. The quantitative estimate of drug-likeness (QED) is 0.878. The Morgan fingerprint density at radius 3 is 3.00 bits per heavy atom. The molecule has 0 radical (unpaired) electrons. The van der Waals surface area contributed by atoms with Gasteiger partial charge >= 0.3 is 5.97 Å². The topological polar surface area (TPSA) is 55.8 Å². The van der Waals surface area contributed by atoms with Gasteiger partial charge in [0.05, 0.1) is 6.61 Å². The molecule has 0 bridgehead atoms. The Hall–Kier alpha value is -1.62. The van der Waals surface area contributed by atoms with E-state index in [9.17, 15) is 9.18 Å². The maximum Gasteiger partial charge on any atom is 0.339 e. The number of halogens is 1. The van der Waals surface area contributed by atoms with Crippen molar-refractivity contribution in [1.29, 1.82) is 0 Å². The molecule has 0 saturated carbocycles. The molecule has 5 heteroatoms. The largest absolute Gasteiger partial charge is 0.484 e. The number of para-hydroxylation sites is 1. The predicted octanol–water partition coefficient (Wildman–Crippen LogP) is 2.08. The van der Waals surface area contributed by atoms with Crippen LogP contribution in [-0.4, -0.2) is 30.4 Å². The summed E-state index contributed by atoms with van der Waals surface area (Å²) in [5.41, 5.74) is -0.157. The van der Waals surface area contributed by atoms with Crippen LogP contribution in [0.5, 0.6) is 5.75 Å². The van der Waals surface area contributed by atoms with E-state index in [1.807, 2.05) is 0 Å². The van der Waals surface area contributed by atoms with Gasteiger partial charge in [-0.1, -0.05) is 6.07 Å². The SMILES string of the molecule is O=C(O)c1cccc(F)c1OC1CCCOC1. The molecule has 1 N–H and O–H groups in total. The molecule has 1 fully saturated rings. The number of carbonyl (C=O) groups is 1. The van der Waals surface area contributed by atoms with Crippen molar-refractivity contribution in [3.63, 3.8) is 0 Å². The van der Waals surface area contributed by atoms with Crippen molar-refractivity contribution in [1.82, 2.24) is 0 Å². The number of carboxylic acids is 1. The van der Waals surface area contributed by atoms with E-state index in [0.29, 0.717) is 13.2 Å². The monoisotopic (exact) mass is 240 g/mol. The Balaban J connectivity index is 2.21. The molecule has 1 aliphatic heterocycles. The van der Waals surface area contributed by atoms with E-state index >= 15 is 0 Å². The number of aromatic carboxylic acids is 1. The van der Waals surface area contributed by atoms with E-state index in [4.69, 9.17) is 14.6 Å². The maximum absolute atomic E-state index is 13.5. The molecule has 0 spiro atoms. The van der Waals surface area contributed by atoms with Gasteiger partial charge in [0.1, 0.15) is 11.7 Å². The first-order valence-corrected chi connectivity index (χ1v) is 5.44. The van der Waals surface area contributed by atoms with Crippen molar-refractivity contribution in [2.75, 3.05) is 13.2 Å². The van der Waals surface area contributed by atoms with Gasteiger partial charge in [-0.05, 0) is 25.0 Å². The minimum absolute atomic E-state index is 0.157. The van der Waals surface area contributed by atoms with Gasteiger partial charge in [0.2, 0.25) is 0 Å². The van der Waals surface area contributed by atoms with Gasteiger partial charge in [-0.15, -0.1) is 0 Å². The minimum atomic E-state index is -1.20. The van der Waals surface area contributed by atoms with E-state index in [2.05, 4.69) is 0 Å². The van der Waals surface area contributed by atoms with Crippen LogP contribution < -0.4 is 4.74 Å². The molecule has 1 unspecified atom stereocenters. The van der Waals surface area contributed by atoms with Crippen molar-refractivity contribution in [3.05, 3.63) is 29.6 Å². The molecule has 92 valence electrons. The smallest absolute Gasteiger partial charge is 0.339 e. The van der Waals surface area contributed by atoms with Crippen molar-refractivity contribution in [3.8, 4) is 5.75 Å². The first-order valence-electron chi connectivity index (χ1n) is 5.44. The van der Waals surface area contributed by atoms with Crippen molar-refractivity contribution in [2.45, 2.75) is 18.9 Å². The molecule has 0 amide bonds. The molecule has 1 saturated heterocycles. The second-order valence-electron chi connectivity index (χ2n) is 3.88. The van der Waals surface area contributed by atoms with E-state index < -0.39 is 11.8 Å². The maximum atomic E-state index is 13.5. The Kier molecular flexibility index (Phi) is 3.58. The number of benzene rings is 1. The summed E-state index contributed by atoms with van der Waals surface area (Å²) >= 11 is 0. The average molecular weight is 240 g/mol. The summed E-state index contributed by atoms with van der Waals surface area (Å²) in [6.07, 6.45) is 1.30. The van der Waals surface area contributed by atoms with Crippen LogP contribution in [0.2, 0.25) is 0 Å². The predicted molar refractivity (Wildman–Crippen MR) is 57.8 cm³/mol. The van der Waals surface area contributed by atoms with Crippen LogP contribution in [0.3, 0.4) is 0 Å². The Morgan fingerprint density at radius 1 is 1.53 bits per heavy atom. The van der Waals surface area contributed by atoms with E-state index in [0.717, 1.165) is 12.8 Å². The second-order valence-corrected chi connectivity index (χ2v) is 3.88. The van der Waals surface area contributed by atoms with Crippen LogP contribution in [0.15, 0.2) is 18.2 Å². The van der Waals surface area contributed by atoms with Gasteiger partial charge < -0.3 is 14.6 Å². The first-order chi connectivity index (χ1) is 8.18. The lowest BCUT2D eigenvalue weighted by molar-refractivity contribution is 0.00519. The zero-order chi connectivity index (χ0) is 12.3.